The van der Waals surface area contributed by atoms with E-state index in [1.165, 1.54) is 0 Å². The van der Waals surface area contributed by atoms with Crippen molar-refractivity contribution in [3.8, 4) is 0 Å². The fourth-order valence-electron chi connectivity index (χ4n) is 1.53. The highest BCUT2D eigenvalue weighted by Gasteiger charge is 2.33. The van der Waals surface area contributed by atoms with Crippen molar-refractivity contribution in [2.24, 2.45) is 11.5 Å². The summed E-state index contributed by atoms with van der Waals surface area (Å²) in [6.45, 7) is 0.212. The van der Waals surface area contributed by atoms with Crippen molar-refractivity contribution in [3.05, 3.63) is 0 Å². The Balaban J connectivity index is 5.09. The normalized spacial score (nSPS) is 14.6. The first-order valence-electron chi connectivity index (χ1n) is 5.29. The number of rotatable bonds is 9. The van der Waals surface area contributed by atoms with Gasteiger partial charge in [-0.05, 0) is 19.4 Å². The van der Waals surface area contributed by atoms with Crippen LogP contribution in [0.15, 0.2) is 0 Å². The van der Waals surface area contributed by atoms with Crippen LogP contribution >= 0.6 is 15.2 Å². The van der Waals surface area contributed by atoms with Crippen LogP contribution in [0.25, 0.3) is 0 Å². The number of hydrogen-bond acceptors (Lipinski definition) is 5. The van der Waals surface area contributed by atoms with Gasteiger partial charge in [0.2, 0.25) is 5.91 Å². The largest absolute Gasteiger partial charge is 0.368 e. The van der Waals surface area contributed by atoms with Crippen molar-refractivity contribution in [2.45, 2.75) is 18.9 Å². The Morgan fingerprint density at radius 3 is 1.79 bits per heavy atom. The molecule has 12 heteroatoms. The molecule has 0 bridgehead atoms. The molecule has 0 aromatic rings. The number of primary amides is 1. The summed E-state index contributed by atoms with van der Waals surface area (Å²) in [6.07, 6.45) is -1.54. The summed E-state index contributed by atoms with van der Waals surface area (Å²) in [5.41, 5.74) is 10.3. The Labute approximate surface area is 110 Å². The second-order valence-electron chi connectivity index (χ2n) is 4.05. The molecule has 1 unspecified atom stereocenters. The van der Waals surface area contributed by atoms with Gasteiger partial charge in [-0.2, -0.15) is 0 Å². The molecule has 0 aliphatic carbocycles. The van der Waals surface area contributed by atoms with E-state index >= 15 is 0 Å². The van der Waals surface area contributed by atoms with Crippen LogP contribution in [0.5, 0.6) is 0 Å². The molecule has 10 nitrogen and oxygen atoms in total. The third-order valence-electron chi connectivity index (χ3n) is 2.18. The highest BCUT2D eigenvalue weighted by molar-refractivity contribution is 7.52. The third kappa shape index (κ3) is 9.26. The summed E-state index contributed by atoms with van der Waals surface area (Å²) in [5, 5.41) is 0. The summed E-state index contributed by atoms with van der Waals surface area (Å²) in [4.78, 5) is 47.5. The lowest BCUT2D eigenvalue weighted by molar-refractivity contribution is -0.122. The van der Waals surface area contributed by atoms with E-state index in [9.17, 15) is 13.9 Å². The molecule has 0 aliphatic rings. The van der Waals surface area contributed by atoms with Gasteiger partial charge in [-0.3, -0.25) is 18.8 Å². The van der Waals surface area contributed by atoms with Crippen molar-refractivity contribution >= 4 is 21.1 Å². The Morgan fingerprint density at radius 1 is 1.11 bits per heavy atom. The maximum Gasteiger partial charge on any atom is 0.339 e. The number of carbonyl (C=O) groups is 1. The molecule has 114 valence electrons. The molecule has 0 fully saturated rings. The molecular weight excluding hydrogens is 300 g/mol. The minimum atomic E-state index is -4.59. The zero-order valence-electron chi connectivity index (χ0n) is 10.1. The van der Waals surface area contributed by atoms with Crippen molar-refractivity contribution in [1.82, 2.24) is 4.90 Å². The predicted octanol–water partition coefficient (Wildman–Crippen LogP) is -1.85. The van der Waals surface area contributed by atoms with Gasteiger partial charge in [-0.15, -0.1) is 0 Å². The lowest BCUT2D eigenvalue weighted by Gasteiger charge is -2.29. The Bertz CT molecular complexity index is 368. The maximum atomic E-state index is 11.3. The molecule has 0 aliphatic heterocycles. The molecule has 0 rings (SSSR count). The Kier molecular flexibility index (Phi) is 7.34. The quantitative estimate of drug-likeness (QED) is 0.265. The molecule has 0 saturated carbocycles. The number of hydrogen-bond donors (Lipinski definition) is 6. The Morgan fingerprint density at radius 2 is 1.53 bits per heavy atom. The molecule has 0 saturated heterocycles. The lowest BCUT2D eigenvalue weighted by Crippen LogP contribution is -2.45. The number of amides is 1. The van der Waals surface area contributed by atoms with E-state index in [1.807, 2.05) is 0 Å². The molecule has 19 heavy (non-hydrogen) atoms. The lowest BCUT2D eigenvalue weighted by atomic mass is 10.1. The summed E-state index contributed by atoms with van der Waals surface area (Å²) >= 11 is 0. The summed E-state index contributed by atoms with van der Waals surface area (Å²) in [5.74, 6) is -0.921. The van der Waals surface area contributed by atoms with Crippen LogP contribution in [0.2, 0.25) is 0 Å². The molecule has 0 heterocycles. The highest BCUT2D eigenvalue weighted by atomic mass is 31.2. The van der Waals surface area contributed by atoms with Gasteiger partial charge in [0.15, 0.2) is 0 Å². The standard InChI is InChI=1S/C7H19N3O7P2/c8-3-1-2-6(7(9)11)10(4-18(12,13)14)5-19(15,16)17/h6H,1-5,8H2,(H2,9,11)(H2,12,13,14)(H2,15,16,17). The minimum Gasteiger partial charge on any atom is -0.368 e. The summed E-state index contributed by atoms with van der Waals surface area (Å²) in [7, 11) is -9.18. The Hall–Kier alpha value is -0.310. The molecule has 0 spiro atoms. The molecule has 8 N–H and O–H groups in total. The third-order valence-corrected chi connectivity index (χ3v) is 3.65. The molecule has 0 aromatic carbocycles. The zero-order valence-corrected chi connectivity index (χ0v) is 11.9. The molecule has 1 amide bonds. The first kappa shape index (κ1) is 18.7. The first-order valence-corrected chi connectivity index (χ1v) is 8.88. The SMILES string of the molecule is NCCCC(C(N)=O)N(CP(=O)(O)O)CP(=O)(O)O. The van der Waals surface area contributed by atoms with E-state index < -0.39 is 39.7 Å². The van der Waals surface area contributed by atoms with Crippen LogP contribution in [0, 0.1) is 0 Å². The molecule has 0 aromatic heterocycles. The summed E-state index contributed by atoms with van der Waals surface area (Å²) < 4.78 is 21.9. The van der Waals surface area contributed by atoms with Crippen LogP contribution in [0.3, 0.4) is 0 Å². The number of nitrogens with two attached hydrogens (primary N) is 2. The number of carbonyl (C=O) groups excluding carboxylic acids is 1. The zero-order chi connectivity index (χ0) is 15.3. The van der Waals surface area contributed by atoms with Crippen molar-refractivity contribution < 1.29 is 33.5 Å². The van der Waals surface area contributed by atoms with Gasteiger partial charge in [-0.1, -0.05) is 0 Å². The molecule has 1 atom stereocenters. The van der Waals surface area contributed by atoms with E-state index in [-0.39, 0.29) is 13.0 Å². The smallest absolute Gasteiger partial charge is 0.339 e. The fourth-order valence-corrected chi connectivity index (χ4v) is 3.23. The minimum absolute atomic E-state index is 0.0613. The van der Waals surface area contributed by atoms with E-state index in [2.05, 4.69) is 0 Å². The average molecular weight is 319 g/mol. The fraction of sp³-hybridized carbons (Fsp3) is 0.857. The van der Waals surface area contributed by atoms with Gasteiger partial charge in [0.25, 0.3) is 0 Å². The van der Waals surface area contributed by atoms with Gasteiger partial charge < -0.3 is 31.0 Å². The van der Waals surface area contributed by atoms with Crippen molar-refractivity contribution in [1.29, 1.82) is 0 Å². The second-order valence-corrected chi connectivity index (χ2v) is 7.27. The monoisotopic (exact) mass is 319 g/mol. The maximum absolute atomic E-state index is 11.3. The van der Waals surface area contributed by atoms with Crippen molar-refractivity contribution in [2.75, 3.05) is 19.1 Å². The van der Waals surface area contributed by atoms with Crippen LogP contribution in [0.4, 0.5) is 0 Å². The van der Waals surface area contributed by atoms with Crippen LogP contribution in [-0.4, -0.2) is 55.5 Å². The van der Waals surface area contributed by atoms with Gasteiger partial charge in [-0.25, -0.2) is 0 Å². The van der Waals surface area contributed by atoms with E-state index in [1.54, 1.807) is 0 Å². The summed E-state index contributed by atoms with van der Waals surface area (Å²) in [6, 6.07) is -1.19. The van der Waals surface area contributed by atoms with E-state index in [0.29, 0.717) is 11.3 Å². The predicted molar refractivity (Wildman–Crippen MR) is 66.9 cm³/mol. The van der Waals surface area contributed by atoms with Gasteiger partial charge in [0.1, 0.15) is 12.6 Å². The van der Waals surface area contributed by atoms with Crippen LogP contribution in [0.1, 0.15) is 12.8 Å². The topological polar surface area (TPSA) is 187 Å². The van der Waals surface area contributed by atoms with Gasteiger partial charge in [0.05, 0.1) is 6.04 Å². The average Bonchev–Trinajstić information content (AvgIpc) is 2.12. The van der Waals surface area contributed by atoms with E-state index in [0.717, 1.165) is 0 Å². The number of nitrogens with zero attached hydrogens (tertiary/aromatic N) is 1. The van der Waals surface area contributed by atoms with Crippen LogP contribution < -0.4 is 11.5 Å². The molecule has 0 radical (unpaired) electrons. The van der Waals surface area contributed by atoms with Gasteiger partial charge >= 0.3 is 15.2 Å². The highest BCUT2D eigenvalue weighted by Crippen LogP contribution is 2.41. The van der Waals surface area contributed by atoms with Gasteiger partial charge in [0, 0.05) is 0 Å². The van der Waals surface area contributed by atoms with E-state index in [4.69, 9.17) is 31.0 Å². The van der Waals surface area contributed by atoms with Crippen molar-refractivity contribution in [3.63, 3.8) is 0 Å². The van der Waals surface area contributed by atoms with Crippen LogP contribution in [-0.2, 0) is 13.9 Å². The molecular formula is C7H19N3O7P2. The second kappa shape index (κ2) is 7.47. The first-order chi connectivity index (χ1) is 8.46.